The molecule has 172 valence electrons. The van der Waals surface area contributed by atoms with Crippen LogP contribution in [-0.4, -0.2) is 28.2 Å². The van der Waals surface area contributed by atoms with E-state index in [9.17, 15) is 14.7 Å². The van der Waals surface area contributed by atoms with E-state index >= 15 is 0 Å². The molecular weight excluding hydrogens is 404 g/mol. The number of hydrogen-bond donors (Lipinski definition) is 1. The molecule has 3 saturated carbocycles. The highest BCUT2D eigenvalue weighted by Gasteiger charge is 2.68. The van der Waals surface area contributed by atoms with Crippen LogP contribution in [0.4, 0.5) is 0 Å². The van der Waals surface area contributed by atoms with E-state index < -0.39 is 22.6 Å². The molecular formula is C27H34O5. The fourth-order valence-electron chi connectivity index (χ4n) is 7.90. The summed E-state index contributed by atoms with van der Waals surface area (Å²) in [5.41, 5.74) is -1.31. The van der Waals surface area contributed by atoms with Crippen molar-refractivity contribution in [2.75, 3.05) is 0 Å². The maximum absolute atomic E-state index is 13.4. The fourth-order valence-corrected chi connectivity index (χ4v) is 7.90. The smallest absolute Gasteiger partial charge is 0.336 e. The van der Waals surface area contributed by atoms with E-state index in [1.807, 2.05) is 30.3 Å². The molecule has 1 N–H and O–H groups in total. The third-order valence-corrected chi connectivity index (χ3v) is 9.49. The molecule has 0 unspecified atom stereocenters. The molecule has 1 aliphatic heterocycles. The Morgan fingerprint density at radius 1 is 1.12 bits per heavy atom. The standard InChI is InChI=1S/C27H34O5/c1-18-22(28)32-27-15-11-20-24(2,21(27)10-14-26(18,30)17-27)12-7-13-25(20,3)23(29)31-16-19-8-5-4-6-9-19/h4-6,8-9,20-21,30H,1,7,10-17H2,2-3H3/t20-,21-,24+,25+,26+,27+/m0/s1. The van der Waals surface area contributed by atoms with Crippen molar-refractivity contribution >= 4 is 11.9 Å². The topological polar surface area (TPSA) is 72.8 Å². The maximum atomic E-state index is 13.4. The Balaban J connectivity index is 1.41. The van der Waals surface area contributed by atoms with Crippen molar-refractivity contribution in [2.24, 2.45) is 22.7 Å². The van der Waals surface area contributed by atoms with Crippen molar-refractivity contribution in [3.8, 4) is 0 Å². The number of aliphatic hydroxyl groups is 1. The van der Waals surface area contributed by atoms with Crippen LogP contribution in [0.25, 0.3) is 0 Å². The monoisotopic (exact) mass is 438 g/mol. The molecule has 4 fully saturated rings. The van der Waals surface area contributed by atoms with Gasteiger partial charge in [0, 0.05) is 12.3 Å². The number of carbonyl (C=O) groups excluding carboxylic acids is 2. The molecule has 4 aliphatic rings. The van der Waals surface area contributed by atoms with Crippen molar-refractivity contribution in [3.63, 3.8) is 0 Å². The molecule has 32 heavy (non-hydrogen) atoms. The van der Waals surface area contributed by atoms with Gasteiger partial charge in [-0.3, -0.25) is 4.79 Å². The largest absolute Gasteiger partial charge is 0.460 e. The average Bonchev–Trinajstić information content (AvgIpc) is 2.76. The van der Waals surface area contributed by atoms with Crippen molar-refractivity contribution in [3.05, 3.63) is 48.0 Å². The molecule has 0 radical (unpaired) electrons. The minimum absolute atomic E-state index is 0.116. The first kappa shape index (κ1) is 21.7. The second-order valence-corrected chi connectivity index (χ2v) is 11.2. The van der Waals surface area contributed by atoms with E-state index in [-0.39, 0.29) is 28.8 Å². The summed E-state index contributed by atoms with van der Waals surface area (Å²) in [4.78, 5) is 26.1. The molecule has 1 aromatic carbocycles. The van der Waals surface area contributed by atoms with Crippen molar-refractivity contribution in [1.29, 1.82) is 0 Å². The zero-order valence-electron chi connectivity index (χ0n) is 19.2. The van der Waals surface area contributed by atoms with Crippen molar-refractivity contribution in [1.82, 2.24) is 0 Å². The first-order valence-electron chi connectivity index (χ1n) is 12.0. The Kier molecular flexibility index (Phi) is 4.87. The van der Waals surface area contributed by atoms with Gasteiger partial charge < -0.3 is 14.6 Å². The van der Waals surface area contributed by atoms with Crippen LogP contribution in [0.2, 0.25) is 0 Å². The second-order valence-electron chi connectivity index (χ2n) is 11.2. The lowest BCUT2D eigenvalue weighted by Gasteiger charge is -2.66. The molecule has 1 heterocycles. The molecule has 5 nitrogen and oxygen atoms in total. The molecule has 0 amide bonds. The first-order chi connectivity index (χ1) is 15.1. The van der Waals surface area contributed by atoms with E-state index in [1.165, 1.54) is 0 Å². The predicted octanol–water partition coefficient (Wildman–Crippen LogP) is 4.72. The van der Waals surface area contributed by atoms with Crippen molar-refractivity contribution < 1.29 is 24.2 Å². The molecule has 5 rings (SSSR count). The van der Waals surface area contributed by atoms with Gasteiger partial charge in [-0.05, 0) is 62.3 Å². The first-order valence-corrected chi connectivity index (χ1v) is 12.0. The minimum atomic E-state index is -1.15. The highest BCUT2D eigenvalue weighted by Crippen LogP contribution is 2.68. The lowest BCUT2D eigenvalue weighted by atomic mass is 9.42. The van der Waals surface area contributed by atoms with Crippen LogP contribution in [0.3, 0.4) is 0 Å². The van der Waals surface area contributed by atoms with Crippen LogP contribution < -0.4 is 0 Å². The number of rotatable bonds is 3. The molecule has 1 spiro atoms. The molecule has 2 bridgehead atoms. The lowest BCUT2D eigenvalue weighted by Crippen LogP contribution is -2.68. The van der Waals surface area contributed by atoms with Crippen LogP contribution in [0, 0.1) is 22.7 Å². The zero-order valence-corrected chi connectivity index (χ0v) is 19.2. The molecule has 6 atom stereocenters. The summed E-state index contributed by atoms with van der Waals surface area (Å²) in [5.74, 6) is -0.272. The Hall–Kier alpha value is -2.14. The maximum Gasteiger partial charge on any atom is 0.336 e. The molecule has 1 aromatic rings. The van der Waals surface area contributed by atoms with Gasteiger partial charge in [0.15, 0.2) is 0 Å². The highest BCUT2D eigenvalue weighted by molar-refractivity contribution is 5.91. The summed E-state index contributed by atoms with van der Waals surface area (Å²) >= 11 is 0. The minimum Gasteiger partial charge on any atom is -0.460 e. The van der Waals surface area contributed by atoms with E-state index in [0.717, 1.165) is 37.7 Å². The van der Waals surface area contributed by atoms with Gasteiger partial charge in [-0.1, -0.05) is 50.3 Å². The summed E-state index contributed by atoms with van der Waals surface area (Å²) < 4.78 is 11.9. The number of fused-ring (bicyclic) bond motifs is 3. The third-order valence-electron chi connectivity index (χ3n) is 9.49. The quantitative estimate of drug-likeness (QED) is 0.546. The lowest BCUT2D eigenvalue weighted by molar-refractivity contribution is -0.248. The van der Waals surface area contributed by atoms with Gasteiger partial charge in [0.05, 0.1) is 16.6 Å². The molecule has 0 aromatic heterocycles. The summed E-state index contributed by atoms with van der Waals surface area (Å²) in [6.45, 7) is 8.48. The van der Waals surface area contributed by atoms with Crippen LogP contribution in [0.15, 0.2) is 42.5 Å². The van der Waals surface area contributed by atoms with Gasteiger partial charge in [-0.15, -0.1) is 0 Å². The summed E-state index contributed by atoms with van der Waals surface area (Å²) in [6.07, 6.45) is 5.99. The van der Waals surface area contributed by atoms with Gasteiger partial charge in [-0.25, -0.2) is 4.79 Å². The summed E-state index contributed by atoms with van der Waals surface area (Å²) in [5, 5.41) is 11.1. The summed E-state index contributed by atoms with van der Waals surface area (Å²) in [7, 11) is 0. The van der Waals surface area contributed by atoms with Crippen LogP contribution in [0.5, 0.6) is 0 Å². The summed E-state index contributed by atoms with van der Waals surface area (Å²) in [6, 6.07) is 9.80. The molecule has 5 heteroatoms. The number of hydrogen-bond acceptors (Lipinski definition) is 5. The average molecular weight is 439 g/mol. The van der Waals surface area contributed by atoms with Crippen LogP contribution in [-0.2, 0) is 25.7 Å². The number of benzene rings is 1. The fraction of sp³-hybridized carbons (Fsp3) is 0.630. The van der Waals surface area contributed by atoms with Crippen LogP contribution in [0.1, 0.15) is 70.8 Å². The van der Waals surface area contributed by atoms with Gasteiger partial charge >= 0.3 is 11.9 Å². The van der Waals surface area contributed by atoms with Crippen molar-refractivity contribution in [2.45, 2.75) is 83.0 Å². The van der Waals surface area contributed by atoms with E-state index in [0.29, 0.717) is 25.9 Å². The number of carbonyl (C=O) groups is 2. The normalized spacial score (nSPS) is 43.0. The number of ether oxygens (including phenoxy) is 2. The van der Waals surface area contributed by atoms with Gasteiger partial charge in [0.2, 0.25) is 0 Å². The van der Waals surface area contributed by atoms with Gasteiger partial charge in [0.25, 0.3) is 0 Å². The molecule has 3 aliphatic carbocycles. The Morgan fingerprint density at radius 3 is 2.59 bits per heavy atom. The Bertz CT molecular complexity index is 956. The molecule has 1 saturated heterocycles. The highest BCUT2D eigenvalue weighted by atomic mass is 16.6. The van der Waals surface area contributed by atoms with Gasteiger partial charge in [0.1, 0.15) is 12.2 Å². The zero-order chi connectivity index (χ0) is 22.8. The van der Waals surface area contributed by atoms with E-state index in [2.05, 4.69) is 20.4 Å². The van der Waals surface area contributed by atoms with E-state index in [4.69, 9.17) is 9.47 Å². The second kappa shape index (κ2) is 7.18. The SMILES string of the molecule is C=C1C(=O)O[C@@]23CC[C@H]4[C@@](C)(CCC[C@@]4(C)C(=O)OCc4ccccc4)[C@@H]2CC[C@@]1(O)C3. The number of esters is 2. The van der Waals surface area contributed by atoms with E-state index in [1.54, 1.807) is 0 Å². The third kappa shape index (κ3) is 3.00. The Morgan fingerprint density at radius 2 is 1.84 bits per heavy atom. The van der Waals surface area contributed by atoms with Gasteiger partial charge in [-0.2, -0.15) is 0 Å². The Labute approximate surface area is 190 Å². The predicted molar refractivity (Wildman–Crippen MR) is 119 cm³/mol. The van der Waals surface area contributed by atoms with Crippen LogP contribution >= 0.6 is 0 Å².